The van der Waals surface area contributed by atoms with Crippen LogP contribution in [-0.2, 0) is 28.8 Å². The van der Waals surface area contributed by atoms with Gasteiger partial charge in [-0.2, -0.15) is 0 Å². The maximum Gasteiger partial charge on any atom is 0.289 e. The molecule has 0 unspecified atom stereocenters. The van der Waals surface area contributed by atoms with Crippen LogP contribution >= 0.6 is 0 Å². The molecule has 1 saturated carbocycles. The Morgan fingerprint density at radius 3 is 2.22 bits per heavy atom. The molecule has 1 aromatic carbocycles. The Labute approximate surface area is 241 Å². The number of nitrogens with zero attached hydrogens (tertiary/aromatic N) is 1. The Balaban J connectivity index is 1.83. The zero-order chi connectivity index (χ0) is 30.3. The Hall–Kier alpha value is -3.76. The van der Waals surface area contributed by atoms with E-state index in [0.717, 1.165) is 12.8 Å². The highest BCUT2D eigenvalue weighted by Crippen LogP contribution is 2.23. The van der Waals surface area contributed by atoms with Crippen molar-refractivity contribution in [3.05, 3.63) is 35.9 Å². The van der Waals surface area contributed by atoms with E-state index in [1.165, 1.54) is 11.9 Å². The van der Waals surface area contributed by atoms with Crippen LogP contribution in [0.4, 0.5) is 0 Å². The third-order valence-electron chi connectivity index (χ3n) is 7.47. The van der Waals surface area contributed by atoms with E-state index in [1.807, 2.05) is 6.92 Å². The normalized spacial score (nSPS) is 18.9. The van der Waals surface area contributed by atoms with E-state index in [-0.39, 0.29) is 30.7 Å². The second kappa shape index (κ2) is 13.7. The number of hydrogen-bond donors (Lipinski definition) is 4. The number of Topliss-reactive ketones (excluding diaryl/α,β-unsaturated/α-hetero) is 1. The Bertz CT molecular complexity index is 1140. The number of carbonyl (C=O) groups is 6. The number of benzene rings is 1. The molecule has 224 valence electrons. The van der Waals surface area contributed by atoms with Crippen LogP contribution in [0.3, 0.4) is 0 Å². The van der Waals surface area contributed by atoms with Gasteiger partial charge in [-0.3, -0.25) is 28.8 Å². The van der Waals surface area contributed by atoms with E-state index in [4.69, 9.17) is 0 Å². The molecule has 1 saturated heterocycles. The maximum absolute atomic E-state index is 13.9. The number of nitrogens with one attached hydrogen (secondary N) is 4. The highest BCUT2D eigenvalue weighted by atomic mass is 16.2. The fraction of sp³-hybridized carbons (Fsp3) is 0.600. The van der Waals surface area contributed by atoms with Gasteiger partial charge in [0, 0.05) is 31.0 Å². The van der Waals surface area contributed by atoms with Gasteiger partial charge in [-0.15, -0.1) is 0 Å². The van der Waals surface area contributed by atoms with Gasteiger partial charge >= 0.3 is 0 Å². The molecule has 0 radical (unpaired) electrons. The zero-order valence-corrected chi connectivity index (χ0v) is 24.6. The second-order valence-electron chi connectivity index (χ2n) is 12.0. The summed E-state index contributed by atoms with van der Waals surface area (Å²) in [7, 11) is 1.49. The van der Waals surface area contributed by atoms with Crippen molar-refractivity contribution in [3.8, 4) is 0 Å². The molecule has 4 atom stereocenters. The summed E-state index contributed by atoms with van der Waals surface area (Å²) < 4.78 is 0. The van der Waals surface area contributed by atoms with E-state index >= 15 is 0 Å². The summed E-state index contributed by atoms with van der Waals surface area (Å²) in [5.74, 6) is -3.77. The van der Waals surface area contributed by atoms with Crippen LogP contribution in [-0.4, -0.2) is 71.9 Å². The largest absolute Gasteiger partial charge is 0.356 e. The van der Waals surface area contributed by atoms with Crippen LogP contribution in [0, 0.1) is 11.3 Å². The molecule has 1 aromatic rings. The molecule has 2 fully saturated rings. The first kappa shape index (κ1) is 31.8. The highest BCUT2D eigenvalue weighted by molar-refractivity contribution is 6.38. The van der Waals surface area contributed by atoms with Crippen LogP contribution in [0.5, 0.6) is 0 Å². The zero-order valence-electron chi connectivity index (χ0n) is 24.6. The molecule has 11 nitrogen and oxygen atoms in total. The van der Waals surface area contributed by atoms with Crippen LogP contribution in [0.25, 0.3) is 0 Å². The number of likely N-dealkylation sites (N-methyl/N-ethyl adjacent to an activating group) is 1. The first-order valence-corrected chi connectivity index (χ1v) is 14.4. The quantitative estimate of drug-likeness (QED) is 0.263. The lowest BCUT2D eigenvalue weighted by Crippen LogP contribution is -2.56. The summed E-state index contributed by atoms with van der Waals surface area (Å²) in [6.07, 6.45) is 2.89. The summed E-state index contributed by atoms with van der Waals surface area (Å²) in [4.78, 5) is 79.7. The van der Waals surface area contributed by atoms with E-state index < -0.39 is 53.0 Å². The van der Waals surface area contributed by atoms with E-state index in [1.54, 1.807) is 51.1 Å². The number of carbonyl (C=O) groups excluding carboxylic acids is 6. The Morgan fingerprint density at radius 2 is 1.68 bits per heavy atom. The standard InChI is InChI=1S/C30H43N5O6/c1-6-10-22(35(5)28(40)23(18-11-8-7-9-12-18)34-29(41)30(2,3)4)26(38)33-21(17-19-15-16-31-25(19)37)24(36)27(39)32-20-13-14-20/h7-9,11-12,19-23H,6,10,13-17H2,1-5H3,(H,31,37)(H,32,39)(H,33,38)(H,34,41)/t19-,21-,22-,23+/m0/s1. The molecule has 2 aliphatic rings. The molecule has 1 aliphatic heterocycles. The third kappa shape index (κ3) is 8.61. The summed E-state index contributed by atoms with van der Waals surface area (Å²) in [5, 5.41) is 10.9. The van der Waals surface area contributed by atoms with Crippen molar-refractivity contribution in [2.45, 2.75) is 90.4 Å². The summed E-state index contributed by atoms with van der Waals surface area (Å²) in [5.41, 5.74) is -0.192. The van der Waals surface area contributed by atoms with Crippen molar-refractivity contribution in [2.75, 3.05) is 13.6 Å². The molecule has 41 heavy (non-hydrogen) atoms. The molecular formula is C30H43N5O6. The molecular weight excluding hydrogens is 526 g/mol. The van der Waals surface area contributed by atoms with Crippen molar-refractivity contribution in [2.24, 2.45) is 11.3 Å². The van der Waals surface area contributed by atoms with E-state index in [0.29, 0.717) is 24.9 Å². The van der Waals surface area contributed by atoms with Crippen molar-refractivity contribution < 1.29 is 28.8 Å². The fourth-order valence-electron chi connectivity index (χ4n) is 4.71. The van der Waals surface area contributed by atoms with Crippen LogP contribution in [0.15, 0.2) is 30.3 Å². The predicted molar refractivity (Wildman–Crippen MR) is 152 cm³/mol. The molecule has 4 N–H and O–H groups in total. The minimum atomic E-state index is -1.22. The minimum Gasteiger partial charge on any atom is -0.356 e. The molecule has 5 amide bonds. The monoisotopic (exact) mass is 569 g/mol. The lowest BCUT2D eigenvalue weighted by molar-refractivity contribution is -0.145. The average Bonchev–Trinajstić information content (AvgIpc) is 3.66. The average molecular weight is 570 g/mol. The SMILES string of the molecule is CCC[C@@H](C(=O)N[C@@H](C[C@@H]1CCNC1=O)C(=O)C(=O)NC1CC1)N(C)C(=O)[C@H](NC(=O)C(C)(C)C)c1ccccc1. The number of hydrogen-bond acceptors (Lipinski definition) is 6. The molecule has 0 aromatic heterocycles. The van der Waals surface area contributed by atoms with Gasteiger partial charge < -0.3 is 26.2 Å². The molecule has 11 heteroatoms. The Kier molecular flexibility index (Phi) is 10.6. The van der Waals surface area contributed by atoms with Crippen molar-refractivity contribution in [1.29, 1.82) is 0 Å². The second-order valence-corrected chi connectivity index (χ2v) is 12.0. The van der Waals surface area contributed by atoms with Gasteiger partial charge in [0.25, 0.3) is 5.91 Å². The highest BCUT2D eigenvalue weighted by Gasteiger charge is 2.39. The van der Waals surface area contributed by atoms with Crippen molar-refractivity contribution >= 4 is 35.3 Å². The minimum absolute atomic E-state index is 0.0146. The molecule has 1 aliphatic carbocycles. The van der Waals surface area contributed by atoms with Gasteiger partial charge in [-0.25, -0.2) is 0 Å². The Morgan fingerprint density at radius 1 is 1.02 bits per heavy atom. The first-order chi connectivity index (χ1) is 19.3. The number of ketones is 1. The van der Waals surface area contributed by atoms with Crippen molar-refractivity contribution in [3.63, 3.8) is 0 Å². The topological polar surface area (TPSA) is 154 Å². The predicted octanol–water partition coefficient (Wildman–Crippen LogP) is 1.38. The smallest absolute Gasteiger partial charge is 0.289 e. The van der Waals surface area contributed by atoms with E-state index in [9.17, 15) is 28.8 Å². The van der Waals surface area contributed by atoms with Gasteiger partial charge in [0.1, 0.15) is 12.1 Å². The van der Waals surface area contributed by atoms with Gasteiger partial charge in [0.15, 0.2) is 0 Å². The van der Waals surface area contributed by atoms with Crippen LogP contribution in [0.2, 0.25) is 0 Å². The fourth-order valence-corrected chi connectivity index (χ4v) is 4.71. The number of amides is 5. The number of rotatable bonds is 13. The lowest BCUT2D eigenvalue weighted by Gasteiger charge is -2.33. The summed E-state index contributed by atoms with van der Waals surface area (Å²) >= 11 is 0. The van der Waals surface area contributed by atoms with Gasteiger partial charge in [0.05, 0.1) is 6.04 Å². The molecule has 1 heterocycles. The van der Waals surface area contributed by atoms with Crippen LogP contribution in [0.1, 0.15) is 77.8 Å². The maximum atomic E-state index is 13.9. The van der Waals surface area contributed by atoms with Crippen LogP contribution < -0.4 is 21.3 Å². The van der Waals surface area contributed by atoms with Gasteiger partial charge in [-0.05, 0) is 37.7 Å². The lowest BCUT2D eigenvalue weighted by atomic mass is 9.94. The van der Waals surface area contributed by atoms with Gasteiger partial charge in [0.2, 0.25) is 29.4 Å². The summed E-state index contributed by atoms with van der Waals surface area (Å²) in [6, 6.07) is 5.50. The molecule has 0 bridgehead atoms. The summed E-state index contributed by atoms with van der Waals surface area (Å²) in [6.45, 7) is 7.56. The molecule has 0 spiro atoms. The van der Waals surface area contributed by atoms with E-state index in [2.05, 4.69) is 21.3 Å². The van der Waals surface area contributed by atoms with Crippen molar-refractivity contribution in [1.82, 2.24) is 26.2 Å². The van der Waals surface area contributed by atoms with Gasteiger partial charge in [-0.1, -0.05) is 64.4 Å². The molecule has 3 rings (SSSR count). The first-order valence-electron chi connectivity index (χ1n) is 14.4. The third-order valence-corrected chi connectivity index (χ3v) is 7.47.